The van der Waals surface area contributed by atoms with Crippen LogP contribution in [0, 0.1) is 22.7 Å². The molecular formula is C10H7N5O2S2. The van der Waals surface area contributed by atoms with Gasteiger partial charge in [0.2, 0.25) is 0 Å². The molecule has 2 aromatic rings. The van der Waals surface area contributed by atoms with Gasteiger partial charge in [0.1, 0.15) is 26.8 Å². The van der Waals surface area contributed by atoms with E-state index in [9.17, 15) is 8.42 Å². The van der Waals surface area contributed by atoms with Crippen LogP contribution in [0.3, 0.4) is 0 Å². The van der Waals surface area contributed by atoms with Gasteiger partial charge in [0.05, 0.1) is 6.20 Å². The van der Waals surface area contributed by atoms with Gasteiger partial charge in [-0.25, -0.2) is 8.42 Å². The van der Waals surface area contributed by atoms with Gasteiger partial charge in [-0.3, -0.25) is 9.40 Å². The Bertz CT molecular complexity index is 804. The highest BCUT2D eigenvalue weighted by Gasteiger charge is 2.20. The Balaban J connectivity index is 2.40. The number of rotatable bonds is 3. The van der Waals surface area contributed by atoms with Crippen LogP contribution in [0.25, 0.3) is 0 Å². The van der Waals surface area contributed by atoms with E-state index in [0.29, 0.717) is 4.88 Å². The molecule has 0 spiro atoms. The summed E-state index contributed by atoms with van der Waals surface area (Å²) in [5.41, 5.74) is 0.128. The molecule has 2 heterocycles. The molecule has 0 radical (unpaired) electrons. The third-order valence-electron chi connectivity index (χ3n) is 2.25. The summed E-state index contributed by atoms with van der Waals surface area (Å²) in [6.07, 6.45) is 1.27. The van der Waals surface area contributed by atoms with Gasteiger partial charge in [0.25, 0.3) is 10.0 Å². The zero-order valence-electron chi connectivity index (χ0n) is 9.65. The fourth-order valence-corrected chi connectivity index (χ4v) is 3.55. The molecule has 0 aliphatic carbocycles. The molecular weight excluding hydrogens is 286 g/mol. The van der Waals surface area contributed by atoms with Crippen LogP contribution in [-0.4, -0.2) is 18.2 Å². The maximum Gasteiger partial charge on any atom is 0.272 e. The highest BCUT2D eigenvalue weighted by molar-refractivity contribution is 7.94. The average Bonchev–Trinajstić information content (AvgIpc) is 2.98. The summed E-state index contributed by atoms with van der Waals surface area (Å²) in [4.78, 5) is 0.297. The molecule has 0 saturated carbocycles. The lowest BCUT2D eigenvalue weighted by Gasteiger charge is -2.06. The van der Waals surface area contributed by atoms with Gasteiger partial charge in [0.15, 0.2) is 5.82 Å². The molecule has 0 fully saturated rings. The van der Waals surface area contributed by atoms with Crippen LogP contribution in [0.15, 0.2) is 22.5 Å². The summed E-state index contributed by atoms with van der Waals surface area (Å²) in [5.74, 6) is 0.0920. The van der Waals surface area contributed by atoms with Crippen LogP contribution in [0.4, 0.5) is 5.82 Å². The van der Waals surface area contributed by atoms with Crippen molar-refractivity contribution in [1.29, 1.82) is 10.5 Å². The molecule has 2 aromatic heterocycles. The third kappa shape index (κ3) is 2.42. The topological polar surface area (TPSA) is 112 Å². The monoisotopic (exact) mass is 293 g/mol. The minimum atomic E-state index is -3.82. The van der Waals surface area contributed by atoms with E-state index in [4.69, 9.17) is 10.5 Å². The summed E-state index contributed by atoms with van der Waals surface area (Å²) < 4.78 is 27.7. The van der Waals surface area contributed by atoms with Crippen molar-refractivity contribution in [3.05, 3.63) is 28.8 Å². The Hall–Kier alpha value is -2.36. The molecule has 9 heteroatoms. The number of nitrogens with one attached hydrogen (secondary N) is 1. The van der Waals surface area contributed by atoms with E-state index < -0.39 is 10.0 Å². The number of sulfonamides is 1. The number of nitrogens with zero attached hydrogens (tertiary/aromatic N) is 4. The quantitative estimate of drug-likeness (QED) is 0.908. The van der Waals surface area contributed by atoms with Crippen LogP contribution in [0.5, 0.6) is 0 Å². The second-order valence-corrected chi connectivity index (χ2v) is 6.47. The molecule has 0 aliphatic heterocycles. The van der Waals surface area contributed by atoms with Crippen LogP contribution >= 0.6 is 11.3 Å². The van der Waals surface area contributed by atoms with Gasteiger partial charge in [-0.05, 0) is 12.1 Å². The number of anilines is 1. The summed E-state index contributed by atoms with van der Waals surface area (Å²) in [7, 11) is -2.30. The molecule has 7 nitrogen and oxygen atoms in total. The first-order valence-corrected chi connectivity index (χ1v) is 7.23. The lowest BCUT2D eigenvalue weighted by Crippen LogP contribution is -2.15. The van der Waals surface area contributed by atoms with Crippen molar-refractivity contribution in [1.82, 2.24) is 9.78 Å². The second-order valence-electron chi connectivity index (χ2n) is 3.48. The van der Waals surface area contributed by atoms with Crippen LogP contribution < -0.4 is 4.72 Å². The van der Waals surface area contributed by atoms with Crippen molar-refractivity contribution >= 4 is 27.2 Å². The van der Waals surface area contributed by atoms with E-state index in [-0.39, 0.29) is 15.6 Å². The van der Waals surface area contributed by atoms with Gasteiger partial charge in [-0.2, -0.15) is 15.6 Å². The first kappa shape index (κ1) is 13.1. The molecule has 0 unspecified atom stereocenters. The molecule has 2 rings (SSSR count). The van der Waals surface area contributed by atoms with Gasteiger partial charge >= 0.3 is 0 Å². The smallest absolute Gasteiger partial charge is 0.262 e. The van der Waals surface area contributed by atoms with Gasteiger partial charge in [0, 0.05) is 7.05 Å². The second kappa shape index (κ2) is 4.72. The number of nitriles is 2. The SMILES string of the molecule is Cn1ncc(C#N)c1NS(=O)(=O)c1ccc(C#N)s1. The molecule has 0 aliphatic rings. The van der Waals surface area contributed by atoms with Gasteiger partial charge < -0.3 is 0 Å². The standard InChI is InChI=1S/C10H7N5O2S2/c1-15-10(7(4-11)6-13-15)14-19(16,17)9-3-2-8(5-12)18-9/h2-3,6,14H,1H3. The highest BCUT2D eigenvalue weighted by atomic mass is 32.2. The van der Waals surface area contributed by atoms with Gasteiger partial charge in [-0.15, -0.1) is 11.3 Å². The summed E-state index contributed by atoms with van der Waals surface area (Å²) in [6.45, 7) is 0. The molecule has 1 N–H and O–H groups in total. The number of aryl methyl sites for hydroxylation is 1. The molecule has 0 saturated heterocycles. The van der Waals surface area contributed by atoms with Crippen LogP contribution in [0.2, 0.25) is 0 Å². The fraction of sp³-hybridized carbons (Fsp3) is 0.100. The largest absolute Gasteiger partial charge is 0.272 e. The van der Waals surface area contributed by atoms with Crippen molar-refractivity contribution < 1.29 is 8.42 Å². The van der Waals surface area contributed by atoms with Crippen molar-refractivity contribution in [2.24, 2.45) is 7.05 Å². The van der Waals surface area contributed by atoms with Crippen molar-refractivity contribution in [2.45, 2.75) is 4.21 Å². The minimum Gasteiger partial charge on any atom is -0.262 e. The normalized spacial score (nSPS) is 10.7. The summed E-state index contributed by atoms with van der Waals surface area (Å²) in [5, 5.41) is 21.4. The third-order valence-corrected chi connectivity index (χ3v) is 5.07. The van der Waals surface area contributed by atoms with Gasteiger partial charge in [-0.1, -0.05) is 0 Å². The number of aromatic nitrogens is 2. The molecule has 96 valence electrons. The number of hydrogen-bond donors (Lipinski definition) is 1. The average molecular weight is 293 g/mol. The van der Waals surface area contributed by atoms with Crippen LogP contribution in [-0.2, 0) is 17.1 Å². The van der Waals surface area contributed by atoms with E-state index in [1.807, 2.05) is 12.1 Å². The first-order valence-electron chi connectivity index (χ1n) is 4.93. The number of hydrogen-bond acceptors (Lipinski definition) is 6. The van der Waals surface area contributed by atoms with Crippen molar-refractivity contribution in [2.75, 3.05) is 4.72 Å². The Morgan fingerprint density at radius 3 is 2.68 bits per heavy atom. The van der Waals surface area contributed by atoms with Crippen molar-refractivity contribution in [3.63, 3.8) is 0 Å². The van der Waals surface area contributed by atoms with E-state index in [0.717, 1.165) is 11.3 Å². The Morgan fingerprint density at radius 2 is 2.11 bits per heavy atom. The molecule has 0 bridgehead atoms. The zero-order valence-corrected chi connectivity index (χ0v) is 11.3. The maximum atomic E-state index is 12.1. The van der Waals surface area contributed by atoms with Crippen molar-refractivity contribution in [3.8, 4) is 12.1 Å². The molecule has 0 aromatic carbocycles. The van der Waals surface area contributed by atoms with E-state index in [1.165, 1.54) is 30.1 Å². The Morgan fingerprint density at radius 1 is 1.37 bits per heavy atom. The molecule has 19 heavy (non-hydrogen) atoms. The predicted octanol–water partition coefficient (Wildman–Crippen LogP) is 1.03. The minimum absolute atomic E-state index is 0.00846. The lowest BCUT2D eigenvalue weighted by atomic mass is 10.4. The maximum absolute atomic E-state index is 12.1. The fourth-order valence-electron chi connectivity index (χ4n) is 1.34. The Labute approximate surface area is 113 Å². The Kier molecular flexibility index (Phi) is 3.25. The van der Waals surface area contributed by atoms with E-state index in [2.05, 4.69) is 9.82 Å². The highest BCUT2D eigenvalue weighted by Crippen LogP contribution is 2.24. The first-order chi connectivity index (χ1) is 8.97. The predicted molar refractivity (Wildman–Crippen MR) is 67.8 cm³/mol. The van der Waals surface area contributed by atoms with Crippen LogP contribution in [0.1, 0.15) is 10.4 Å². The van der Waals surface area contributed by atoms with E-state index in [1.54, 1.807) is 0 Å². The number of thiophene rings is 1. The zero-order chi connectivity index (χ0) is 14.0. The molecule has 0 amide bonds. The summed E-state index contributed by atoms with van der Waals surface area (Å²) in [6, 6.07) is 6.48. The van der Waals surface area contributed by atoms with E-state index >= 15 is 0 Å². The molecule has 0 atom stereocenters. The summed E-state index contributed by atoms with van der Waals surface area (Å²) >= 11 is 0.857. The lowest BCUT2D eigenvalue weighted by molar-refractivity contribution is 0.602.